The molecule has 1 rings (SSSR count). The van der Waals surface area contributed by atoms with Crippen LogP contribution >= 0.6 is 11.6 Å². The van der Waals surface area contributed by atoms with Crippen LogP contribution < -0.4 is 14.8 Å². The monoisotopic (exact) mass is 430 g/mol. The van der Waals surface area contributed by atoms with Crippen molar-refractivity contribution in [3.05, 3.63) is 27.8 Å². The number of nitrogens with one attached hydrogen (secondary N) is 1. The molecule has 9 heteroatoms. The zero-order chi connectivity index (χ0) is 21.5. The third kappa shape index (κ3) is 9.69. The van der Waals surface area contributed by atoms with Crippen molar-refractivity contribution in [1.82, 2.24) is 5.32 Å². The zero-order valence-corrected chi connectivity index (χ0v) is 18.0. The van der Waals surface area contributed by atoms with Gasteiger partial charge < -0.3 is 19.5 Å². The lowest BCUT2D eigenvalue weighted by Crippen LogP contribution is -2.25. The number of rotatable bonds is 15. The molecule has 0 aliphatic rings. The molecular weight excluding hydrogens is 400 g/mol. The summed E-state index contributed by atoms with van der Waals surface area (Å²) in [4.78, 5) is 22.7. The van der Waals surface area contributed by atoms with E-state index in [4.69, 9.17) is 25.8 Å². The second-order valence-corrected chi connectivity index (χ2v) is 6.93. The Morgan fingerprint density at radius 1 is 1.14 bits per heavy atom. The van der Waals surface area contributed by atoms with E-state index in [1.54, 1.807) is 0 Å². The number of methoxy groups -OCH3 is 1. The van der Waals surface area contributed by atoms with Crippen LogP contribution in [-0.2, 0) is 11.3 Å². The van der Waals surface area contributed by atoms with Crippen molar-refractivity contribution in [2.45, 2.75) is 58.5 Å². The lowest BCUT2D eigenvalue weighted by Gasteiger charge is -2.13. The number of carbonyl (C=O) groups excluding carboxylic acids is 1. The fraction of sp³-hybridized carbons (Fsp3) is 0.650. The van der Waals surface area contributed by atoms with Crippen molar-refractivity contribution >= 4 is 23.4 Å². The number of halogens is 1. The van der Waals surface area contributed by atoms with Gasteiger partial charge in [-0.25, -0.2) is 4.79 Å². The fourth-order valence-electron chi connectivity index (χ4n) is 2.67. The van der Waals surface area contributed by atoms with Crippen molar-refractivity contribution in [2.24, 2.45) is 0 Å². The molecule has 0 unspecified atom stereocenters. The van der Waals surface area contributed by atoms with Crippen molar-refractivity contribution < 1.29 is 23.9 Å². The molecule has 0 saturated heterocycles. The third-order valence-electron chi connectivity index (χ3n) is 4.21. The van der Waals surface area contributed by atoms with Crippen LogP contribution in [0.15, 0.2) is 12.1 Å². The van der Waals surface area contributed by atoms with Gasteiger partial charge >= 0.3 is 6.09 Å². The van der Waals surface area contributed by atoms with E-state index in [0.29, 0.717) is 30.5 Å². The number of amides is 1. The van der Waals surface area contributed by atoms with Crippen LogP contribution in [0.4, 0.5) is 10.5 Å². The summed E-state index contributed by atoms with van der Waals surface area (Å²) in [6.45, 7) is 2.62. The topological polar surface area (TPSA) is 99.9 Å². The van der Waals surface area contributed by atoms with Crippen LogP contribution in [0.1, 0.15) is 57.4 Å². The Morgan fingerprint density at radius 3 is 2.45 bits per heavy atom. The molecule has 0 saturated carbocycles. The Balaban J connectivity index is 2.51. The third-order valence-corrected chi connectivity index (χ3v) is 4.48. The molecule has 8 nitrogen and oxygen atoms in total. The standard InChI is InChI=1S/C20H31ClN2O6/c1-3-12-28-19-14-17(23(25)26)16(13-18(19)27-2)15-29-20(24)22-11-9-7-5-4-6-8-10-21/h13-14H,3-12,15H2,1-2H3,(H,22,24). The molecule has 0 aromatic heterocycles. The lowest BCUT2D eigenvalue weighted by atomic mass is 10.1. The number of nitro benzene ring substituents is 1. The van der Waals surface area contributed by atoms with E-state index in [1.165, 1.54) is 19.2 Å². The van der Waals surface area contributed by atoms with Gasteiger partial charge in [0.1, 0.15) is 6.61 Å². The summed E-state index contributed by atoms with van der Waals surface area (Å²) < 4.78 is 15.9. The van der Waals surface area contributed by atoms with Crippen molar-refractivity contribution in [2.75, 3.05) is 26.1 Å². The van der Waals surface area contributed by atoms with Crippen LogP contribution in [0, 0.1) is 10.1 Å². The van der Waals surface area contributed by atoms with Crippen molar-refractivity contribution in [3.63, 3.8) is 0 Å². The first-order valence-corrected chi connectivity index (χ1v) is 10.5. The average Bonchev–Trinajstić information content (AvgIpc) is 2.72. The van der Waals surface area contributed by atoms with Crippen LogP contribution in [0.25, 0.3) is 0 Å². The van der Waals surface area contributed by atoms with Gasteiger partial charge in [0.2, 0.25) is 0 Å². The summed E-state index contributed by atoms with van der Waals surface area (Å²) in [5, 5.41) is 14.0. The molecule has 29 heavy (non-hydrogen) atoms. The maximum Gasteiger partial charge on any atom is 0.407 e. The fourth-order valence-corrected chi connectivity index (χ4v) is 2.86. The van der Waals surface area contributed by atoms with Crippen LogP contribution in [0.3, 0.4) is 0 Å². The minimum absolute atomic E-state index is 0.179. The maximum absolute atomic E-state index is 11.9. The van der Waals surface area contributed by atoms with Gasteiger partial charge in [-0.3, -0.25) is 10.1 Å². The average molecular weight is 431 g/mol. The van der Waals surface area contributed by atoms with E-state index >= 15 is 0 Å². The highest BCUT2D eigenvalue weighted by molar-refractivity contribution is 6.17. The minimum Gasteiger partial charge on any atom is -0.493 e. The number of unbranched alkanes of at least 4 members (excludes halogenated alkanes) is 5. The summed E-state index contributed by atoms with van der Waals surface area (Å²) in [5.41, 5.74) is 0.0618. The molecule has 0 bridgehead atoms. The van der Waals surface area contributed by atoms with E-state index in [-0.39, 0.29) is 17.9 Å². The molecule has 0 aliphatic carbocycles. The first kappa shape index (κ1) is 24.8. The molecule has 0 aliphatic heterocycles. The van der Waals surface area contributed by atoms with Gasteiger partial charge in [-0.1, -0.05) is 32.6 Å². The Hall–Kier alpha value is -2.22. The quantitative estimate of drug-likeness (QED) is 0.178. The van der Waals surface area contributed by atoms with E-state index < -0.39 is 11.0 Å². The largest absolute Gasteiger partial charge is 0.493 e. The Labute approximate surface area is 177 Å². The molecule has 0 spiro atoms. The predicted molar refractivity (Wildman–Crippen MR) is 112 cm³/mol. The summed E-state index contributed by atoms with van der Waals surface area (Å²) in [5.74, 6) is 1.35. The molecule has 0 heterocycles. The second-order valence-electron chi connectivity index (χ2n) is 6.55. The first-order valence-electron chi connectivity index (χ1n) is 9.98. The molecular formula is C20H31ClN2O6. The molecule has 1 amide bonds. The van der Waals surface area contributed by atoms with Gasteiger partial charge in [0.25, 0.3) is 5.69 Å². The van der Waals surface area contributed by atoms with Gasteiger partial charge in [0, 0.05) is 12.4 Å². The van der Waals surface area contributed by atoms with Crippen molar-refractivity contribution in [1.29, 1.82) is 0 Å². The second kappa shape index (κ2) is 14.7. The lowest BCUT2D eigenvalue weighted by molar-refractivity contribution is -0.385. The van der Waals surface area contributed by atoms with Gasteiger partial charge in [-0.2, -0.15) is 0 Å². The highest BCUT2D eigenvalue weighted by Gasteiger charge is 2.21. The zero-order valence-electron chi connectivity index (χ0n) is 17.2. The Morgan fingerprint density at radius 2 is 1.83 bits per heavy atom. The SMILES string of the molecule is CCCOc1cc([N+](=O)[O-])c(COC(=O)NCCCCCCCCCl)cc1OC. The smallest absolute Gasteiger partial charge is 0.407 e. The molecule has 1 aromatic carbocycles. The van der Waals surface area contributed by atoms with Crippen LogP contribution in [-0.4, -0.2) is 37.2 Å². The van der Waals surface area contributed by atoms with Gasteiger partial charge in [-0.05, 0) is 25.3 Å². The normalized spacial score (nSPS) is 10.4. The predicted octanol–water partition coefficient (Wildman–Crippen LogP) is 5.20. The van der Waals surface area contributed by atoms with E-state index in [1.807, 2.05) is 6.92 Å². The number of ether oxygens (including phenoxy) is 3. The molecule has 0 atom stereocenters. The maximum atomic E-state index is 11.9. The number of hydrogen-bond donors (Lipinski definition) is 1. The number of nitrogens with zero attached hydrogens (tertiary/aromatic N) is 1. The highest BCUT2D eigenvalue weighted by Crippen LogP contribution is 2.35. The van der Waals surface area contributed by atoms with E-state index in [9.17, 15) is 14.9 Å². The number of alkyl carbamates (subject to hydrolysis) is 1. The molecule has 1 aromatic rings. The molecule has 164 valence electrons. The van der Waals surface area contributed by atoms with Gasteiger partial charge in [-0.15, -0.1) is 11.6 Å². The van der Waals surface area contributed by atoms with Crippen molar-refractivity contribution in [3.8, 4) is 11.5 Å². The summed E-state index contributed by atoms with van der Waals surface area (Å²) in [6, 6.07) is 2.77. The van der Waals surface area contributed by atoms with Gasteiger partial charge in [0.05, 0.1) is 30.3 Å². The van der Waals surface area contributed by atoms with Crippen LogP contribution in [0.2, 0.25) is 0 Å². The first-order chi connectivity index (χ1) is 14.0. The summed E-state index contributed by atoms with van der Waals surface area (Å²) >= 11 is 5.63. The van der Waals surface area contributed by atoms with E-state index in [2.05, 4.69) is 5.32 Å². The molecule has 0 radical (unpaired) electrons. The minimum atomic E-state index is -0.605. The number of hydrogen-bond acceptors (Lipinski definition) is 6. The summed E-state index contributed by atoms with van der Waals surface area (Å²) in [6.07, 6.45) is 6.43. The molecule has 0 fully saturated rings. The number of nitro groups is 1. The Kier molecular flexibility index (Phi) is 12.6. The number of carbonyl (C=O) groups is 1. The van der Waals surface area contributed by atoms with Gasteiger partial charge in [0.15, 0.2) is 11.5 Å². The number of benzene rings is 1. The van der Waals surface area contributed by atoms with E-state index in [0.717, 1.165) is 44.9 Å². The van der Waals surface area contributed by atoms with Crippen LogP contribution in [0.5, 0.6) is 11.5 Å². The number of alkyl halides is 1. The highest BCUT2D eigenvalue weighted by atomic mass is 35.5. The molecule has 1 N–H and O–H groups in total. The summed E-state index contributed by atoms with van der Waals surface area (Å²) in [7, 11) is 1.45. The Bertz CT molecular complexity index is 642.